The van der Waals surface area contributed by atoms with Gasteiger partial charge in [0.25, 0.3) is 0 Å². The quantitative estimate of drug-likeness (QED) is 0.355. The van der Waals surface area contributed by atoms with Crippen LogP contribution in [-0.2, 0) is 24.7 Å². The van der Waals surface area contributed by atoms with Crippen molar-refractivity contribution >= 4 is 17.8 Å². The zero-order valence-corrected chi connectivity index (χ0v) is 23.5. The van der Waals surface area contributed by atoms with E-state index in [1.807, 2.05) is 72.0 Å². The Morgan fingerprint density at radius 3 is 2.17 bits per heavy atom. The van der Waals surface area contributed by atoms with Gasteiger partial charge in [0, 0.05) is 12.6 Å². The number of amides is 2. The third kappa shape index (κ3) is 6.55. The molecule has 200 valence electrons. The summed E-state index contributed by atoms with van der Waals surface area (Å²) in [6.07, 6.45) is 3.68. The highest BCUT2D eigenvalue weighted by atomic mass is 16.5. The number of hydrogen-bond acceptors (Lipinski definition) is 5. The van der Waals surface area contributed by atoms with Crippen LogP contribution in [0.3, 0.4) is 0 Å². The standard InChI is InChI=1S/C29H45N3O4/c1-10-36-26(34)20(4)18-23(19(2)3)32(9)25(33)24(28(5,6)7)31-27(35)29(30-8,22-16-17-22)21-14-12-11-13-15-21/h11-15,18-19,22-24,30H,10,16-17H2,1-9H3,(H,31,35)/b20-18+/t23-,24-,29?/m1/s1. The van der Waals surface area contributed by atoms with Gasteiger partial charge in [-0.25, -0.2) is 4.79 Å². The Morgan fingerprint density at radius 1 is 1.14 bits per heavy atom. The summed E-state index contributed by atoms with van der Waals surface area (Å²) < 4.78 is 5.12. The van der Waals surface area contributed by atoms with Crippen LogP contribution in [-0.4, -0.2) is 55.5 Å². The number of nitrogens with one attached hydrogen (secondary N) is 2. The average molecular weight is 500 g/mol. The highest BCUT2D eigenvalue weighted by molar-refractivity contribution is 5.94. The number of rotatable bonds is 11. The molecule has 1 aliphatic rings. The first kappa shape index (κ1) is 29.6. The van der Waals surface area contributed by atoms with Crippen LogP contribution in [0.5, 0.6) is 0 Å². The molecule has 3 atom stereocenters. The monoisotopic (exact) mass is 499 g/mol. The molecule has 0 spiro atoms. The van der Waals surface area contributed by atoms with Crippen LogP contribution in [0.1, 0.15) is 66.9 Å². The third-order valence-corrected chi connectivity index (χ3v) is 7.06. The van der Waals surface area contributed by atoms with Crippen LogP contribution in [0.15, 0.2) is 42.0 Å². The molecule has 2 N–H and O–H groups in total. The molecule has 0 heterocycles. The van der Waals surface area contributed by atoms with E-state index in [1.54, 1.807) is 31.9 Å². The maximum absolute atomic E-state index is 14.0. The molecule has 0 bridgehead atoms. The highest BCUT2D eigenvalue weighted by Crippen LogP contribution is 2.46. The first-order valence-electron chi connectivity index (χ1n) is 13.0. The maximum Gasteiger partial charge on any atom is 0.333 e. The van der Waals surface area contributed by atoms with Gasteiger partial charge in [-0.15, -0.1) is 0 Å². The fraction of sp³-hybridized carbons (Fsp3) is 0.621. The second-order valence-electron chi connectivity index (χ2n) is 11.2. The predicted molar refractivity (Wildman–Crippen MR) is 143 cm³/mol. The lowest BCUT2D eigenvalue weighted by Crippen LogP contribution is -2.62. The SMILES string of the molecule is CCOC(=O)/C(C)=C/[C@H](C(C)C)N(C)C(=O)[C@@H](NC(=O)C(NC)(c1ccccc1)C1CC1)C(C)(C)C. The van der Waals surface area contributed by atoms with Crippen molar-refractivity contribution in [1.29, 1.82) is 0 Å². The molecule has 0 aliphatic heterocycles. The number of benzene rings is 1. The Balaban J connectivity index is 2.40. The fourth-order valence-electron chi connectivity index (χ4n) is 4.80. The number of likely N-dealkylation sites (N-methyl/N-ethyl adjacent to an activating group) is 2. The first-order chi connectivity index (χ1) is 16.8. The summed E-state index contributed by atoms with van der Waals surface area (Å²) in [7, 11) is 3.54. The van der Waals surface area contributed by atoms with E-state index in [1.165, 1.54) is 0 Å². The van der Waals surface area contributed by atoms with Crippen molar-refractivity contribution in [2.45, 2.75) is 78.9 Å². The molecule has 1 fully saturated rings. The predicted octanol–water partition coefficient (Wildman–Crippen LogP) is 4.03. The molecule has 0 saturated heterocycles. The summed E-state index contributed by atoms with van der Waals surface area (Å²) >= 11 is 0. The number of carbonyl (C=O) groups is 3. The summed E-state index contributed by atoms with van der Waals surface area (Å²) in [5.74, 6) is -0.574. The zero-order chi connectivity index (χ0) is 27.3. The van der Waals surface area contributed by atoms with Crippen LogP contribution in [0, 0.1) is 17.3 Å². The molecular weight excluding hydrogens is 454 g/mol. The minimum atomic E-state index is -0.901. The molecule has 2 amide bonds. The number of ether oxygens (including phenoxy) is 1. The van der Waals surface area contributed by atoms with Gasteiger partial charge in [0.15, 0.2) is 0 Å². The first-order valence-corrected chi connectivity index (χ1v) is 13.0. The number of carbonyl (C=O) groups excluding carboxylic acids is 3. The molecule has 1 saturated carbocycles. The summed E-state index contributed by atoms with van der Waals surface area (Å²) in [5, 5.41) is 6.45. The van der Waals surface area contributed by atoms with Crippen molar-refractivity contribution < 1.29 is 19.1 Å². The van der Waals surface area contributed by atoms with Crippen molar-refractivity contribution in [2.24, 2.45) is 17.3 Å². The Hall–Kier alpha value is -2.67. The van der Waals surface area contributed by atoms with E-state index in [-0.39, 0.29) is 29.7 Å². The molecule has 7 heteroatoms. The van der Waals surface area contributed by atoms with Crippen LogP contribution < -0.4 is 10.6 Å². The van der Waals surface area contributed by atoms with Crippen LogP contribution in [0.4, 0.5) is 0 Å². The van der Waals surface area contributed by atoms with E-state index in [4.69, 9.17) is 4.74 Å². The topological polar surface area (TPSA) is 87.7 Å². The van der Waals surface area contributed by atoms with E-state index in [9.17, 15) is 14.4 Å². The highest BCUT2D eigenvalue weighted by Gasteiger charge is 2.52. The molecule has 1 aliphatic carbocycles. The maximum atomic E-state index is 14.0. The minimum Gasteiger partial charge on any atom is -0.463 e. The van der Waals surface area contributed by atoms with Gasteiger partial charge in [0.2, 0.25) is 11.8 Å². The van der Waals surface area contributed by atoms with Crippen molar-refractivity contribution in [3.63, 3.8) is 0 Å². The Kier molecular flexibility index (Phi) is 9.89. The van der Waals surface area contributed by atoms with E-state index in [0.29, 0.717) is 12.2 Å². The summed E-state index contributed by atoms with van der Waals surface area (Å²) in [6, 6.07) is 8.63. The van der Waals surface area contributed by atoms with Gasteiger partial charge in [0.05, 0.1) is 12.6 Å². The molecule has 36 heavy (non-hydrogen) atoms. The van der Waals surface area contributed by atoms with Gasteiger partial charge in [-0.05, 0) is 56.6 Å². The van der Waals surface area contributed by atoms with E-state index in [2.05, 4.69) is 10.6 Å². The summed E-state index contributed by atoms with van der Waals surface area (Å²) in [6.45, 7) is 13.6. The number of esters is 1. The molecule has 7 nitrogen and oxygen atoms in total. The summed E-state index contributed by atoms with van der Waals surface area (Å²) in [4.78, 5) is 41.8. The number of nitrogens with zero attached hydrogens (tertiary/aromatic N) is 1. The third-order valence-electron chi connectivity index (χ3n) is 7.06. The second-order valence-corrected chi connectivity index (χ2v) is 11.2. The van der Waals surface area contributed by atoms with Crippen molar-refractivity contribution in [1.82, 2.24) is 15.5 Å². The van der Waals surface area contributed by atoms with E-state index < -0.39 is 23.0 Å². The second kappa shape index (κ2) is 12.0. The van der Waals surface area contributed by atoms with Gasteiger partial charge in [0.1, 0.15) is 11.6 Å². The van der Waals surface area contributed by atoms with Crippen LogP contribution in [0.2, 0.25) is 0 Å². The van der Waals surface area contributed by atoms with Crippen molar-refractivity contribution in [2.75, 3.05) is 20.7 Å². The molecule has 0 aromatic heterocycles. The van der Waals surface area contributed by atoms with Crippen molar-refractivity contribution in [3.05, 3.63) is 47.5 Å². The van der Waals surface area contributed by atoms with Gasteiger partial charge in [-0.3, -0.25) is 9.59 Å². The Morgan fingerprint density at radius 2 is 1.72 bits per heavy atom. The lowest BCUT2D eigenvalue weighted by Gasteiger charge is -2.40. The van der Waals surface area contributed by atoms with E-state index >= 15 is 0 Å². The van der Waals surface area contributed by atoms with Gasteiger partial charge in [-0.2, -0.15) is 0 Å². The lowest BCUT2D eigenvalue weighted by atomic mass is 9.81. The zero-order valence-electron chi connectivity index (χ0n) is 23.5. The number of hydrogen-bond donors (Lipinski definition) is 2. The lowest BCUT2D eigenvalue weighted by molar-refractivity contribution is -0.142. The molecule has 1 aromatic carbocycles. The van der Waals surface area contributed by atoms with Gasteiger partial charge >= 0.3 is 5.97 Å². The largest absolute Gasteiger partial charge is 0.463 e. The van der Waals surface area contributed by atoms with Crippen LogP contribution in [0.25, 0.3) is 0 Å². The van der Waals surface area contributed by atoms with Crippen molar-refractivity contribution in [3.8, 4) is 0 Å². The molecular formula is C29H45N3O4. The van der Waals surface area contributed by atoms with Crippen LogP contribution >= 0.6 is 0 Å². The summed E-state index contributed by atoms with van der Waals surface area (Å²) in [5.41, 5.74) is -0.0866. The smallest absolute Gasteiger partial charge is 0.333 e. The average Bonchev–Trinajstić information content (AvgIpc) is 3.66. The van der Waals surface area contributed by atoms with E-state index in [0.717, 1.165) is 18.4 Å². The molecule has 1 aromatic rings. The fourth-order valence-corrected chi connectivity index (χ4v) is 4.80. The van der Waals surface area contributed by atoms with Gasteiger partial charge < -0.3 is 20.3 Å². The Labute approximate surface area is 217 Å². The molecule has 1 unspecified atom stereocenters. The molecule has 0 radical (unpaired) electrons. The molecule has 2 rings (SSSR count). The normalized spacial score (nSPS) is 17.7. The van der Waals surface area contributed by atoms with Gasteiger partial charge in [-0.1, -0.05) is 71.0 Å². The minimum absolute atomic E-state index is 0.0480. The Bertz CT molecular complexity index is 947.